The van der Waals surface area contributed by atoms with Crippen molar-refractivity contribution >= 4 is 19.4 Å². The molecule has 6 heteroatoms. The molecule has 1 rings (SSSR count). The fraction of sp³-hybridized carbons (Fsp3) is 1.00. The highest BCUT2D eigenvalue weighted by Crippen LogP contribution is 2.59. The zero-order valence-corrected chi connectivity index (χ0v) is 12.5. The molecule has 1 saturated heterocycles. The molecule has 0 aromatic heterocycles. The molecule has 1 N–H and O–H groups in total. The van der Waals surface area contributed by atoms with Crippen molar-refractivity contribution in [1.82, 2.24) is 5.32 Å². The third kappa shape index (κ3) is 2.82. The molecule has 1 aliphatic rings. The first-order valence-corrected chi connectivity index (χ1v) is 7.91. The largest absolute Gasteiger partial charge is 0.348 e. The van der Waals surface area contributed by atoms with E-state index in [-0.39, 0.29) is 15.9 Å². The maximum atomic E-state index is 12.4. The lowest BCUT2D eigenvalue weighted by molar-refractivity contribution is 0.253. The number of rotatable bonds is 4. The minimum absolute atomic E-state index is 0.0909. The molecule has 0 amide bonds. The van der Waals surface area contributed by atoms with E-state index >= 15 is 0 Å². The van der Waals surface area contributed by atoms with Gasteiger partial charge in [-0.2, -0.15) is 0 Å². The predicted octanol–water partition coefficient (Wildman–Crippen LogP) is 2.90. The summed E-state index contributed by atoms with van der Waals surface area (Å²) in [6.45, 7) is 8.43. The van der Waals surface area contributed by atoms with Crippen molar-refractivity contribution in [3.63, 3.8) is 0 Å². The van der Waals surface area contributed by atoms with Crippen molar-refractivity contribution in [1.29, 1.82) is 0 Å². The molecule has 1 heterocycles. The molecule has 0 radical (unpaired) electrons. The summed E-state index contributed by atoms with van der Waals surface area (Å²) in [5.41, 5.74) is 0. The van der Waals surface area contributed by atoms with Gasteiger partial charge >= 0.3 is 7.60 Å². The monoisotopic (exact) mass is 267 g/mol. The fourth-order valence-electron chi connectivity index (χ4n) is 1.94. The number of hydrogen-bond donors (Lipinski definition) is 1. The van der Waals surface area contributed by atoms with Gasteiger partial charge in [0.05, 0.1) is 4.87 Å². The number of nitrogens with one attached hydrogen (secondary N) is 1. The molecule has 0 aliphatic carbocycles. The van der Waals surface area contributed by atoms with Crippen molar-refractivity contribution in [3.8, 4) is 0 Å². The highest BCUT2D eigenvalue weighted by Gasteiger charge is 2.50. The highest BCUT2D eigenvalue weighted by atomic mass is 32.2. The first kappa shape index (κ1) is 14.5. The Kier molecular flexibility index (Phi) is 4.53. The van der Waals surface area contributed by atoms with Crippen LogP contribution in [0.4, 0.5) is 0 Å². The van der Waals surface area contributed by atoms with Gasteiger partial charge in [0.25, 0.3) is 0 Å². The topological polar surface area (TPSA) is 47.6 Å². The van der Waals surface area contributed by atoms with E-state index in [1.807, 2.05) is 0 Å². The summed E-state index contributed by atoms with van der Waals surface area (Å²) >= 11 is 1.80. The van der Waals surface area contributed by atoms with Crippen LogP contribution in [0.25, 0.3) is 0 Å². The molecule has 0 spiro atoms. The standard InChI is InChI=1S/C10H22NO3PS/c1-7(2)8-9(11-10(3,4)16-8)15(12,13-5)14-6/h7-9,11H,1-6H3/t8-,9-/m1/s1. The summed E-state index contributed by atoms with van der Waals surface area (Å²) in [6.07, 6.45) is 0. The lowest BCUT2D eigenvalue weighted by Gasteiger charge is -2.27. The van der Waals surface area contributed by atoms with Crippen LogP contribution in [-0.4, -0.2) is 30.1 Å². The van der Waals surface area contributed by atoms with Crippen LogP contribution in [0.5, 0.6) is 0 Å². The van der Waals surface area contributed by atoms with Crippen LogP contribution in [0.3, 0.4) is 0 Å². The van der Waals surface area contributed by atoms with Crippen LogP contribution in [0.2, 0.25) is 0 Å². The summed E-state index contributed by atoms with van der Waals surface area (Å²) in [5, 5.41) is 3.59. The van der Waals surface area contributed by atoms with Crippen molar-refractivity contribution in [2.45, 2.75) is 43.6 Å². The summed E-state index contributed by atoms with van der Waals surface area (Å²) in [4.78, 5) is -0.0909. The second kappa shape index (κ2) is 4.99. The van der Waals surface area contributed by atoms with E-state index in [1.165, 1.54) is 14.2 Å². The smallest absolute Gasteiger partial charge is 0.311 e. The molecular formula is C10H22NO3PS. The Labute approximate surface area is 102 Å². The van der Waals surface area contributed by atoms with Crippen molar-refractivity contribution < 1.29 is 13.6 Å². The van der Waals surface area contributed by atoms with E-state index in [0.29, 0.717) is 5.92 Å². The van der Waals surface area contributed by atoms with Crippen LogP contribution < -0.4 is 5.32 Å². The zero-order valence-electron chi connectivity index (χ0n) is 10.8. The fourth-order valence-corrected chi connectivity index (χ4v) is 5.79. The molecule has 0 saturated carbocycles. The van der Waals surface area contributed by atoms with Gasteiger partial charge in [-0.05, 0) is 19.8 Å². The van der Waals surface area contributed by atoms with Gasteiger partial charge in [0, 0.05) is 19.5 Å². The van der Waals surface area contributed by atoms with Gasteiger partial charge < -0.3 is 9.05 Å². The summed E-state index contributed by atoms with van der Waals surface area (Å²) in [5.74, 6) is 0.186. The second-order valence-electron chi connectivity index (χ2n) is 4.83. The third-order valence-corrected chi connectivity index (χ3v) is 6.89. The predicted molar refractivity (Wildman–Crippen MR) is 68.8 cm³/mol. The molecule has 0 aromatic rings. The summed E-state index contributed by atoms with van der Waals surface area (Å²) < 4.78 is 22.6. The molecule has 0 aromatic carbocycles. The lowest BCUT2D eigenvalue weighted by Crippen LogP contribution is -2.39. The molecule has 0 bridgehead atoms. The van der Waals surface area contributed by atoms with Gasteiger partial charge in [-0.1, -0.05) is 13.8 Å². The maximum Gasteiger partial charge on any atom is 0.348 e. The average Bonchev–Trinajstić information content (AvgIpc) is 2.54. The molecule has 96 valence electrons. The van der Waals surface area contributed by atoms with E-state index in [1.54, 1.807) is 11.8 Å². The van der Waals surface area contributed by atoms with Gasteiger partial charge in [-0.25, -0.2) is 0 Å². The molecule has 2 atom stereocenters. The first-order chi connectivity index (χ1) is 7.25. The van der Waals surface area contributed by atoms with Crippen molar-refractivity contribution in [2.24, 2.45) is 5.92 Å². The van der Waals surface area contributed by atoms with E-state index in [4.69, 9.17) is 9.05 Å². The van der Waals surface area contributed by atoms with Crippen molar-refractivity contribution in [3.05, 3.63) is 0 Å². The van der Waals surface area contributed by atoms with Gasteiger partial charge in [-0.15, -0.1) is 11.8 Å². The highest BCUT2D eigenvalue weighted by molar-refractivity contribution is 8.01. The van der Waals surface area contributed by atoms with Gasteiger partial charge in [0.2, 0.25) is 0 Å². The molecule has 16 heavy (non-hydrogen) atoms. The normalized spacial score (nSPS) is 29.9. The van der Waals surface area contributed by atoms with Crippen LogP contribution >= 0.6 is 19.4 Å². The Hall–Kier alpha value is 0.460. The Morgan fingerprint density at radius 1 is 1.31 bits per heavy atom. The molecule has 1 fully saturated rings. The first-order valence-electron chi connectivity index (χ1n) is 5.42. The summed E-state index contributed by atoms with van der Waals surface area (Å²) in [6, 6.07) is 0. The molecular weight excluding hydrogens is 245 g/mol. The second-order valence-corrected chi connectivity index (χ2v) is 9.00. The van der Waals surface area contributed by atoms with Crippen LogP contribution in [-0.2, 0) is 13.6 Å². The lowest BCUT2D eigenvalue weighted by atomic mass is 10.1. The maximum absolute atomic E-state index is 12.4. The van der Waals surface area contributed by atoms with Crippen LogP contribution in [0.15, 0.2) is 0 Å². The van der Waals surface area contributed by atoms with E-state index in [9.17, 15) is 4.57 Å². The SMILES string of the molecule is COP(=O)(OC)[C@H]1NC(C)(C)S[C@@H]1C(C)C. The van der Waals surface area contributed by atoms with Crippen molar-refractivity contribution in [2.75, 3.05) is 14.2 Å². The van der Waals surface area contributed by atoms with Gasteiger partial charge in [0.1, 0.15) is 5.78 Å². The molecule has 0 unspecified atom stereocenters. The average molecular weight is 267 g/mol. The van der Waals surface area contributed by atoms with E-state index in [2.05, 4.69) is 33.0 Å². The molecule has 4 nitrogen and oxygen atoms in total. The Bertz CT molecular complexity index is 288. The van der Waals surface area contributed by atoms with Crippen LogP contribution in [0, 0.1) is 5.92 Å². The minimum atomic E-state index is -3.05. The molecule has 1 aliphatic heterocycles. The van der Waals surface area contributed by atoms with Crippen LogP contribution in [0.1, 0.15) is 27.7 Å². The summed E-state index contributed by atoms with van der Waals surface area (Å²) in [7, 11) is -0.163. The van der Waals surface area contributed by atoms with E-state index < -0.39 is 7.60 Å². The van der Waals surface area contributed by atoms with Gasteiger partial charge in [0.15, 0.2) is 0 Å². The Morgan fingerprint density at radius 3 is 2.19 bits per heavy atom. The quantitative estimate of drug-likeness (QED) is 0.794. The third-order valence-electron chi connectivity index (χ3n) is 2.74. The Morgan fingerprint density at radius 2 is 1.81 bits per heavy atom. The van der Waals surface area contributed by atoms with E-state index in [0.717, 1.165) is 0 Å². The number of thioether (sulfide) groups is 1. The zero-order chi connectivity index (χ0) is 12.6. The number of hydrogen-bond acceptors (Lipinski definition) is 5. The van der Waals surface area contributed by atoms with Gasteiger partial charge in [-0.3, -0.25) is 9.88 Å². The Balaban J connectivity index is 2.97. The minimum Gasteiger partial charge on any atom is -0.311 e.